The van der Waals surface area contributed by atoms with E-state index in [2.05, 4.69) is 52.6 Å². The van der Waals surface area contributed by atoms with E-state index in [1.54, 1.807) is 12.1 Å². The van der Waals surface area contributed by atoms with Gasteiger partial charge in [0.1, 0.15) is 82.0 Å². The maximum atomic E-state index is 12.8. The maximum Gasteiger partial charge on any atom is 0.283 e. The Bertz CT molecular complexity index is 3920. The number of methoxy groups -OCH3 is 2. The molecule has 3 aliphatic carbocycles. The van der Waals surface area contributed by atoms with Crippen LogP contribution in [0.1, 0.15) is 144 Å². The van der Waals surface area contributed by atoms with E-state index in [-0.39, 0.29) is 70.9 Å². The summed E-state index contributed by atoms with van der Waals surface area (Å²) in [5.74, 6) is 2.76. The Labute approximate surface area is 519 Å². The molecule has 9 aliphatic rings. The molecule has 15 rings (SSSR count). The van der Waals surface area contributed by atoms with Crippen LogP contribution in [0.2, 0.25) is 5.02 Å². The molecule has 0 unspecified atom stereocenters. The van der Waals surface area contributed by atoms with Gasteiger partial charge in [-0.3, -0.25) is 19.4 Å². The minimum atomic E-state index is -0.606. The van der Waals surface area contributed by atoms with Crippen molar-refractivity contribution in [2.75, 3.05) is 40.6 Å². The molecule has 23 heteroatoms. The molecule has 3 atom stereocenters. The summed E-state index contributed by atoms with van der Waals surface area (Å²) in [6.07, 6.45) is 16.1. The first-order valence-electron chi connectivity index (χ1n) is 29.9. The van der Waals surface area contributed by atoms with E-state index in [0.29, 0.717) is 60.3 Å². The number of nitrogens with two attached hydrogens (primary N) is 3. The number of ether oxygens (including phenoxy) is 8. The van der Waals surface area contributed by atoms with Gasteiger partial charge in [0.05, 0.1) is 50.6 Å². The number of pyridine rings is 1. The molecule has 6 aliphatic heterocycles. The predicted molar refractivity (Wildman–Crippen MR) is 327 cm³/mol. The van der Waals surface area contributed by atoms with Crippen molar-refractivity contribution in [3.8, 4) is 29.0 Å². The molecule has 0 amide bonds. The summed E-state index contributed by atoms with van der Waals surface area (Å²) in [6.45, 7) is 10.3. The van der Waals surface area contributed by atoms with E-state index < -0.39 is 27.8 Å². The summed E-state index contributed by atoms with van der Waals surface area (Å²) < 4.78 is 46.0. The smallest absolute Gasteiger partial charge is 0.283 e. The zero-order valence-corrected chi connectivity index (χ0v) is 51.3. The molecular weight excluding hydrogens is 1160 g/mol. The van der Waals surface area contributed by atoms with Crippen molar-refractivity contribution in [2.24, 2.45) is 48.4 Å². The quantitative estimate of drug-likeness (QED) is 0.102. The number of aromatic nitrogens is 5. The molecule has 9 heterocycles. The standard InChI is InChI=1S/C23H24ClN3O3.C23H26N4O4.C20H20N4O4/c1-21(2)22(8-3-9-22)23(13-29-20(25)27-23)16-10-14(4-7-19(16)30-21)11-18(28)17-6-5-15(24)12-26-17;1-21(2)22(7-4-8-22)23(13-30-20(24)27-23)15-9-14(5-6-18(15)31-21)10-17(28)16-11-26-19(29-3)12-25-16;1-26-17-9-22-14(8-23-17)15(25)7-12-2-3-16-13(6-12)20(11-28-18(21)24-20)19(4-5-19)10-27-16/h4-7,10,12H,3,8-9,11,13H2,1-2H3,(H2,25,27);5-6,9,11-12H,4,7-8,10,13H2,1-3H3,(H2,24,27);2-3,6,8-9H,4-5,7,10-11H2,1H3,(H2,21,24)/t2*23-;20-/m000/s1. The van der Waals surface area contributed by atoms with E-state index in [1.165, 1.54) is 45.2 Å². The molecule has 89 heavy (non-hydrogen) atoms. The Hall–Kier alpha value is -8.92. The van der Waals surface area contributed by atoms with Crippen LogP contribution >= 0.6 is 11.6 Å². The van der Waals surface area contributed by atoms with Gasteiger partial charge < -0.3 is 55.1 Å². The summed E-state index contributed by atoms with van der Waals surface area (Å²) in [5, 5.41) is 0.504. The second-order valence-corrected chi connectivity index (χ2v) is 25.9. The van der Waals surface area contributed by atoms with Gasteiger partial charge in [-0.1, -0.05) is 42.6 Å². The van der Waals surface area contributed by atoms with Gasteiger partial charge in [-0.2, -0.15) is 0 Å². The first kappa shape index (κ1) is 59.1. The fourth-order valence-corrected chi connectivity index (χ4v) is 15.1. The number of carbonyl (C=O) groups excluding carboxylic acids is 3. The zero-order chi connectivity index (χ0) is 62.4. The van der Waals surface area contributed by atoms with Crippen molar-refractivity contribution in [2.45, 2.75) is 126 Å². The normalized spacial score (nSPS) is 24.4. The topological polar surface area (TPSA) is 305 Å². The van der Waals surface area contributed by atoms with Gasteiger partial charge in [-0.25, -0.2) is 34.9 Å². The van der Waals surface area contributed by atoms with Gasteiger partial charge in [0.15, 0.2) is 17.3 Å². The molecule has 0 bridgehead atoms. The number of amidine groups is 3. The number of carbonyl (C=O) groups is 3. The average molecular weight is 1230 g/mol. The summed E-state index contributed by atoms with van der Waals surface area (Å²) in [4.78, 5) is 73.2. The number of benzene rings is 3. The van der Waals surface area contributed by atoms with Crippen LogP contribution in [0.15, 0.2) is 113 Å². The van der Waals surface area contributed by atoms with Crippen LogP contribution in [0.4, 0.5) is 0 Å². The SMILES string of the molecule is CC1(C)Oc2ccc(CC(=O)c3ccc(Cl)cn3)cc2[C@@]2(COC(N)=N2)C12CCC2.COc1cnc(C(=O)Cc2ccc3c(c2)[C@@]2(COC(N)=N2)C2(CC2)CO3)cn1.COc1cnc(C(=O)Cc2ccc3c(c2)[C@@]2(COC(N)=N2)C2(CCC2)C(C)(C)O3)cn1. The Kier molecular flexibility index (Phi) is 14.4. The van der Waals surface area contributed by atoms with Gasteiger partial charge >= 0.3 is 0 Å². The second-order valence-electron chi connectivity index (χ2n) is 25.5. The summed E-state index contributed by atoms with van der Waals surface area (Å²) in [7, 11) is 3.01. The number of fused-ring (bicyclic) bond motifs is 9. The van der Waals surface area contributed by atoms with Crippen molar-refractivity contribution in [3.05, 3.63) is 153 Å². The Morgan fingerprint density at radius 2 is 0.876 bits per heavy atom. The van der Waals surface area contributed by atoms with Gasteiger partial charge in [-0.15, -0.1) is 0 Å². The van der Waals surface area contributed by atoms with Crippen LogP contribution in [0.5, 0.6) is 29.0 Å². The molecule has 0 radical (unpaired) electrons. The van der Waals surface area contributed by atoms with E-state index >= 15 is 0 Å². The highest BCUT2D eigenvalue weighted by Crippen LogP contribution is 2.69. The third-order valence-corrected chi connectivity index (χ3v) is 20.5. The Balaban J connectivity index is 0.000000123. The molecule has 22 nitrogen and oxygen atoms in total. The van der Waals surface area contributed by atoms with Crippen LogP contribution in [0.3, 0.4) is 0 Å². The number of ketones is 3. The Morgan fingerprint density at radius 1 is 0.472 bits per heavy atom. The fraction of sp³-hybridized carbons (Fsp3) is 0.439. The van der Waals surface area contributed by atoms with Crippen molar-refractivity contribution in [1.29, 1.82) is 0 Å². The molecule has 6 aromatic rings. The number of aliphatic imine (C=N–C) groups is 3. The minimum absolute atomic E-state index is 0.0643. The molecule has 3 fully saturated rings. The van der Waals surface area contributed by atoms with Gasteiger partial charge in [0.2, 0.25) is 11.8 Å². The van der Waals surface area contributed by atoms with Crippen LogP contribution in [-0.4, -0.2) is 112 Å². The summed E-state index contributed by atoms with van der Waals surface area (Å²) in [5.41, 5.74) is 21.4. The number of hydrogen-bond acceptors (Lipinski definition) is 22. The number of nitrogens with zero attached hydrogens (tertiary/aromatic N) is 8. The molecule has 462 valence electrons. The molecule has 6 N–H and O–H groups in total. The van der Waals surface area contributed by atoms with Crippen LogP contribution in [0, 0.1) is 16.2 Å². The van der Waals surface area contributed by atoms with Crippen molar-refractivity contribution >= 4 is 47.0 Å². The summed E-state index contributed by atoms with van der Waals surface area (Å²) in [6, 6.07) is 21.5. The van der Waals surface area contributed by atoms with Gasteiger partial charge in [-0.05, 0) is 131 Å². The predicted octanol–water partition coefficient (Wildman–Crippen LogP) is 8.46. The van der Waals surface area contributed by atoms with Crippen LogP contribution in [-0.2, 0) is 50.1 Å². The largest absolute Gasteiger partial charge is 0.493 e. The molecule has 3 aromatic heterocycles. The third-order valence-electron chi connectivity index (χ3n) is 20.3. The molecule has 0 saturated heterocycles. The summed E-state index contributed by atoms with van der Waals surface area (Å²) >= 11 is 5.88. The molecule has 3 saturated carbocycles. The zero-order valence-electron chi connectivity index (χ0n) is 50.5. The molecule has 6 spiro atoms. The van der Waals surface area contributed by atoms with Crippen molar-refractivity contribution in [1.82, 2.24) is 24.9 Å². The van der Waals surface area contributed by atoms with E-state index in [0.717, 1.165) is 102 Å². The second kappa shape index (κ2) is 21.7. The lowest BCUT2D eigenvalue weighted by Gasteiger charge is -2.62. The highest BCUT2D eigenvalue weighted by atomic mass is 35.5. The van der Waals surface area contributed by atoms with E-state index in [1.807, 2.05) is 54.6 Å². The number of rotatable bonds is 11. The Morgan fingerprint density at radius 3 is 1.22 bits per heavy atom. The monoisotopic (exact) mass is 1230 g/mol. The van der Waals surface area contributed by atoms with E-state index in [9.17, 15) is 14.4 Å². The van der Waals surface area contributed by atoms with Crippen molar-refractivity contribution < 1.29 is 52.3 Å². The number of hydrogen-bond donors (Lipinski definition) is 3. The van der Waals surface area contributed by atoms with Crippen LogP contribution in [0.25, 0.3) is 0 Å². The lowest BCUT2D eigenvalue weighted by atomic mass is 9.48. The number of Topliss-reactive ketones (excluding diaryl/α,β-unsaturated/α-hetero) is 3. The average Bonchev–Trinajstić information content (AvgIpc) is 1.65. The highest BCUT2D eigenvalue weighted by molar-refractivity contribution is 6.30. The molecule has 3 aromatic carbocycles. The first-order chi connectivity index (χ1) is 42.6. The van der Waals surface area contributed by atoms with E-state index in [4.69, 9.17) is 81.7 Å². The lowest BCUT2D eigenvalue weighted by molar-refractivity contribution is -0.157. The number of halogens is 1. The minimum Gasteiger partial charge on any atom is -0.493 e. The van der Waals surface area contributed by atoms with Gasteiger partial charge in [0, 0.05) is 58.4 Å². The molecular formula is C66H70ClN11O11. The first-order valence-corrected chi connectivity index (χ1v) is 30.3. The maximum absolute atomic E-state index is 12.8. The third kappa shape index (κ3) is 9.61. The van der Waals surface area contributed by atoms with Crippen LogP contribution < -0.4 is 40.9 Å². The fourth-order valence-electron chi connectivity index (χ4n) is 15.0. The lowest BCUT2D eigenvalue weighted by Crippen LogP contribution is -2.66. The highest BCUT2D eigenvalue weighted by Gasteiger charge is 2.71. The van der Waals surface area contributed by atoms with Gasteiger partial charge in [0.25, 0.3) is 18.1 Å². The van der Waals surface area contributed by atoms with Crippen molar-refractivity contribution in [3.63, 3.8) is 0 Å².